The Hall–Kier alpha value is -5.62. The van der Waals surface area contributed by atoms with Crippen LogP contribution in [0, 0.1) is 0 Å². The van der Waals surface area contributed by atoms with Crippen LogP contribution in [0.15, 0.2) is 97.1 Å². The Kier molecular flexibility index (Phi) is 19.5. The van der Waals surface area contributed by atoms with E-state index in [1.165, 1.54) is 18.9 Å². The molecule has 0 aromatic heterocycles. The van der Waals surface area contributed by atoms with Gasteiger partial charge in [-0.15, -0.1) is 0 Å². The highest BCUT2D eigenvalue weighted by atomic mass is 19.4. The number of halogens is 12. The van der Waals surface area contributed by atoms with Crippen LogP contribution < -0.4 is 21.8 Å². The summed E-state index contributed by atoms with van der Waals surface area (Å²) in [5.74, 6) is 6.49. The van der Waals surface area contributed by atoms with Gasteiger partial charge < -0.3 is 34.9 Å². The van der Waals surface area contributed by atoms with E-state index in [2.05, 4.69) is 16.0 Å². The molecule has 2 aliphatic heterocycles. The second-order valence-corrected chi connectivity index (χ2v) is 21.2. The van der Waals surface area contributed by atoms with Crippen molar-refractivity contribution in [2.24, 2.45) is 5.84 Å². The highest BCUT2D eigenvalue weighted by Gasteiger charge is 2.45. The number of carbonyl (C=O) groups is 2. The zero-order valence-electron chi connectivity index (χ0n) is 43.7. The van der Waals surface area contributed by atoms with Crippen LogP contribution >= 0.6 is 0 Å². The van der Waals surface area contributed by atoms with Crippen LogP contribution in [0.1, 0.15) is 138 Å². The number of ether oxygens (including phenoxy) is 4. The van der Waals surface area contributed by atoms with Gasteiger partial charge >= 0.3 is 36.9 Å². The van der Waals surface area contributed by atoms with E-state index in [0.29, 0.717) is 56.5 Å². The SMILES string of the molecule is C[C@@H](OC[C@@]1(c2ccccc2)CC[C@@H](NC(=O)OC(C)(C)C)CN1)c1cc(C(F)(F)F)cc(C(F)(F)F)c1.C[C@@H](OC[C@@]1(c2ccccc2)CC[C@@H](NC(=O)OC(C)(C)C)CN1N)c1cc(C(F)(F)F)cc(C(F)(F)F)c1. The Morgan fingerprint density at radius 2 is 0.961 bits per heavy atom. The number of hydrogen-bond acceptors (Lipinski definition) is 9. The minimum atomic E-state index is -4.96. The van der Waals surface area contributed by atoms with Crippen LogP contribution in [0.3, 0.4) is 0 Å². The van der Waals surface area contributed by atoms with Gasteiger partial charge in [0.2, 0.25) is 0 Å². The lowest BCUT2D eigenvalue weighted by atomic mass is 9.80. The molecule has 2 saturated heterocycles. The first-order valence-corrected chi connectivity index (χ1v) is 24.6. The lowest BCUT2D eigenvalue weighted by molar-refractivity contribution is -0.145. The predicted molar refractivity (Wildman–Crippen MR) is 262 cm³/mol. The van der Waals surface area contributed by atoms with E-state index in [9.17, 15) is 62.3 Å². The normalized spacial score (nSPS) is 21.7. The third kappa shape index (κ3) is 17.7. The van der Waals surface area contributed by atoms with E-state index in [-0.39, 0.29) is 55.1 Å². The number of nitrogens with one attached hydrogen (secondary N) is 3. The van der Waals surface area contributed by atoms with E-state index >= 15 is 0 Å². The fourth-order valence-electron chi connectivity index (χ4n) is 8.84. The number of hydrogen-bond donors (Lipinski definition) is 4. The first kappa shape index (κ1) is 62.2. The molecule has 0 aliphatic carbocycles. The lowest BCUT2D eigenvalue weighted by Crippen LogP contribution is -2.62. The average molecular weight is 1110 g/mol. The van der Waals surface area contributed by atoms with Crippen LogP contribution in [-0.4, -0.2) is 66.8 Å². The first-order chi connectivity index (χ1) is 35.4. The summed E-state index contributed by atoms with van der Waals surface area (Å²) in [6.45, 7) is 13.7. The fraction of sp³-hybridized carbons (Fsp3) is 0.519. The number of carbonyl (C=O) groups excluding carboxylic acids is 2. The number of amides is 2. The van der Waals surface area contributed by atoms with Gasteiger partial charge in [-0.2, -0.15) is 52.7 Å². The molecule has 5 N–H and O–H groups in total. The molecule has 2 aliphatic rings. The quantitative estimate of drug-likeness (QED) is 0.0807. The maximum absolute atomic E-state index is 13.4. The van der Waals surface area contributed by atoms with Gasteiger partial charge in [-0.1, -0.05) is 60.7 Å². The summed E-state index contributed by atoms with van der Waals surface area (Å²) in [7, 11) is 0. The maximum Gasteiger partial charge on any atom is 0.416 e. The summed E-state index contributed by atoms with van der Waals surface area (Å²) < 4.78 is 183. The van der Waals surface area contributed by atoms with Gasteiger partial charge in [0, 0.05) is 25.2 Å². The molecule has 0 radical (unpaired) electrons. The summed E-state index contributed by atoms with van der Waals surface area (Å²) in [6, 6.07) is 20.6. The molecular weight excluding hydrogens is 1040 g/mol. The van der Waals surface area contributed by atoms with Crippen molar-refractivity contribution in [3.05, 3.63) is 142 Å². The maximum atomic E-state index is 13.4. The molecule has 0 spiro atoms. The molecule has 2 heterocycles. The summed E-state index contributed by atoms with van der Waals surface area (Å²) in [4.78, 5) is 24.4. The Labute approximate surface area is 439 Å². The van der Waals surface area contributed by atoms with Crippen molar-refractivity contribution < 1.29 is 81.2 Å². The van der Waals surface area contributed by atoms with Crippen molar-refractivity contribution in [2.45, 2.75) is 152 Å². The Morgan fingerprint density at radius 3 is 1.32 bits per heavy atom. The summed E-state index contributed by atoms with van der Waals surface area (Å²) >= 11 is 0. The number of piperidine rings is 2. The Morgan fingerprint density at radius 1 is 0.584 bits per heavy atom. The number of nitrogens with zero attached hydrogens (tertiary/aromatic N) is 1. The molecule has 6 atom stereocenters. The van der Waals surface area contributed by atoms with Gasteiger partial charge in [-0.3, -0.25) is 5.84 Å². The van der Waals surface area contributed by atoms with Crippen LogP contribution in [0.2, 0.25) is 0 Å². The van der Waals surface area contributed by atoms with Gasteiger partial charge in [0.15, 0.2) is 0 Å². The molecule has 426 valence electrons. The highest BCUT2D eigenvalue weighted by molar-refractivity contribution is 5.68. The van der Waals surface area contributed by atoms with Crippen molar-refractivity contribution >= 4 is 12.2 Å². The van der Waals surface area contributed by atoms with Crippen molar-refractivity contribution in [1.82, 2.24) is 21.0 Å². The smallest absolute Gasteiger partial charge is 0.416 e. The van der Waals surface area contributed by atoms with Crippen LogP contribution in [0.25, 0.3) is 0 Å². The van der Waals surface area contributed by atoms with E-state index in [1.54, 1.807) is 59.7 Å². The lowest BCUT2D eigenvalue weighted by Gasteiger charge is -2.47. The highest BCUT2D eigenvalue weighted by Crippen LogP contribution is 2.42. The molecule has 11 nitrogen and oxygen atoms in total. The molecule has 6 rings (SSSR count). The first-order valence-electron chi connectivity index (χ1n) is 24.6. The summed E-state index contributed by atoms with van der Waals surface area (Å²) in [5, 5.41) is 10.5. The number of rotatable bonds is 12. The van der Waals surface area contributed by atoms with Gasteiger partial charge in [0.1, 0.15) is 11.2 Å². The largest absolute Gasteiger partial charge is 0.444 e. The molecule has 0 saturated carbocycles. The van der Waals surface area contributed by atoms with Gasteiger partial charge in [0.25, 0.3) is 0 Å². The molecule has 2 amide bonds. The van der Waals surface area contributed by atoms with Crippen molar-refractivity contribution in [3.63, 3.8) is 0 Å². The molecular formula is C54H65F12N5O6. The number of nitrogens with two attached hydrogens (primary N) is 1. The molecule has 77 heavy (non-hydrogen) atoms. The van der Waals surface area contributed by atoms with E-state index < -0.39 is 93.6 Å². The molecule has 23 heteroatoms. The third-order valence-corrected chi connectivity index (χ3v) is 12.9. The molecule has 0 unspecified atom stereocenters. The molecule has 4 aromatic rings. The number of alkyl carbamates (subject to hydrolysis) is 2. The van der Waals surface area contributed by atoms with E-state index in [4.69, 9.17) is 24.8 Å². The number of alkyl halides is 12. The summed E-state index contributed by atoms with van der Waals surface area (Å²) in [5.41, 5.74) is -7.52. The second kappa shape index (κ2) is 24.2. The standard InChI is InChI=1S/C27H33F6N3O3.C27H32F6N2O3/c1-17(18-12-20(26(28,29)30)14-21(13-18)27(31,32)33)38-16-25(19-8-6-5-7-9-19)11-10-22(15-36(25)34)35-23(37)39-24(2,3)4;1-17(18-12-20(26(28,29)30)14-21(13-18)27(31,32)33)37-16-25(19-8-6-5-7-9-19)11-10-22(15-34-25)35-23(36)38-24(2,3)4/h5-9,12-14,17,22H,10-11,15-16,34H2,1-4H3,(H,35,37);5-9,12-14,17,22,34H,10-11,15-16H2,1-4H3,(H,35,36)/t2*17-,22-,25-/m11/s1. The second-order valence-electron chi connectivity index (χ2n) is 21.2. The average Bonchev–Trinajstić information content (AvgIpc) is 3.31. The molecule has 2 fully saturated rings. The fourth-order valence-corrected chi connectivity index (χ4v) is 8.84. The minimum Gasteiger partial charge on any atom is -0.444 e. The predicted octanol–water partition coefficient (Wildman–Crippen LogP) is 13.5. The van der Waals surface area contributed by atoms with Crippen molar-refractivity contribution in [1.29, 1.82) is 0 Å². The zero-order chi connectivity index (χ0) is 57.6. The molecule has 4 aromatic carbocycles. The van der Waals surface area contributed by atoms with Gasteiger partial charge in [0.05, 0.1) is 58.8 Å². The monoisotopic (exact) mass is 1110 g/mol. The Balaban J connectivity index is 0.000000284. The van der Waals surface area contributed by atoms with Gasteiger partial charge in [-0.05, 0) is 140 Å². The topological polar surface area (TPSA) is 136 Å². The van der Waals surface area contributed by atoms with Crippen LogP contribution in [0.5, 0.6) is 0 Å². The van der Waals surface area contributed by atoms with E-state index in [0.717, 1.165) is 11.1 Å². The third-order valence-electron chi connectivity index (χ3n) is 12.9. The summed E-state index contributed by atoms with van der Waals surface area (Å²) in [6.07, 6.45) is -21.2. The molecule has 0 bridgehead atoms. The minimum absolute atomic E-state index is 0.0189. The van der Waals surface area contributed by atoms with E-state index in [1.807, 2.05) is 42.5 Å². The number of benzene rings is 4. The van der Waals surface area contributed by atoms with Crippen LogP contribution in [0.4, 0.5) is 62.3 Å². The van der Waals surface area contributed by atoms with Gasteiger partial charge in [-0.25, -0.2) is 14.6 Å². The van der Waals surface area contributed by atoms with Crippen molar-refractivity contribution in [2.75, 3.05) is 26.3 Å². The Bertz CT molecular complexity index is 2510. The zero-order valence-corrected chi connectivity index (χ0v) is 43.7. The van der Waals surface area contributed by atoms with Crippen molar-refractivity contribution in [3.8, 4) is 0 Å². The van der Waals surface area contributed by atoms with Crippen LogP contribution in [-0.2, 0) is 54.7 Å². The number of hydrazine groups is 1.